The van der Waals surface area contributed by atoms with E-state index in [1.165, 1.54) is 55.8 Å². The molecule has 33 heavy (non-hydrogen) atoms. The Hall–Kier alpha value is -1.16. The third-order valence-corrected chi connectivity index (χ3v) is 11.0. The SMILES string of the molecule is CCCCN(C)c1cc(C)c2c(c1)S(I)=c1cc(N3CCN(CCOC)CC3)cc(C)c1=N2. The third kappa shape index (κ3) is 5.41. The van der Waals surface area contributed by atoms with Crippen molar-refractivity contribution >= 4 is 45.9 Å². The molecule has 0 aliphatic carbocycles. The first-order valence-corrected chi connectivity index (χ1v) is 15.8. The van der Waals surface area contributed by atoms with Gasteiger partial charge in [-0.05, 0) is 76.9 Å². The molecule has 2 aromatic carbocycles. The van der Waals surface area contributed by atoms with E-state index in [4.69, 9.17) is 9.73 Å². The van der Waals surface area contributed by atoms with Crippen molar-refractivity contribution in [2.75, 3.05) is 69.8 Å². The Morgan fingerprint density at radius 3 is 2.55 bits per heavy atom. The van der Waals surface area contributed by atoms with Gasteiger partial charge in [0.25, 0.3) is 0 Å². The maximum atomic E-state index is 5.26. The summed E-state index contributed by atoms with van der Waals surface area (Å²) >= 11 is 2.66. The average molecular weight is 581 g/mol. The largest absolute Gasteiger partial charge is 0.383 e. The van der Waals surface area contributed by atoms with Crippen molar-refractivity contribution in [1.82, 2.24) is 4.90 Å². The van der Waals surface area contributed by atoms with Crippen molar-refractivity contribution in [3.63, 3.8) is 0 Å². The number of methoxy groups -OCH3 is 1. The normalized spacial score (nSPS) is 18.0. The lowest BCUT2D eigenvalue weighted by Crippen LogP contribution is -2.47. The highest BCUT2D eigenvalue weighted by molar-refractivity contribution is 14.2. The summed E-state index contributed by atoms with van der Waals surface area (Å²) in [6.45, 7) is 13.9. The Labute approximate surface area is 213 Å². The molecule has 1 fully saturated rings. The summed E-state index contributed by atoms with van der Waals surface area (Å²) < 4.78 is 6.64. The molecule has 4 rings (SSSR count). The van der Waals surface area contributed by atoms with Gasteiger partial charge < -0.3 is 14.5 Å². The second kappa shape index (κ2) is 11.1. The number of rotatable bonds is 8. The molecular formula is C26H37IN4OS. The third-order valence-electron chi connectivity index (χ3n) is 6.75. The fourth-order valence-electron chi connectivity index (χ4n) is 4.63. The molecule has 2 aliphatic rings. The number of benzene rings is 2. The lowest BCUT2D eigenvalue weighted by molar-refractivity contribution is 0.144. The molecule has 0 amide bonds. The van der Waals surface area contributed by atoms with E-state index in [9.17, 15) is 0 Å². The molecule has 0 spiro atoms. The summed E-state index contributed by atoms with van der Waals surface area (Å²) in [4.78, 5) is 14.0. The Morgan fingerprint density at radius 2 is 1.85 bits per heavy atom. The smallest absolute Gasteiger partial charge is 0.0806 e. The molecule has 180 valence electrons. The van der Waals surface area contributed by atoms with Crippen LogP contribution in [0.4, 0.5) is 17.1 Å². The summed E-state index contributed by atoms with van der Waals surface area (Å²) in [6, 6.07) is 9.45. The molecule has 1 unspecified atom stereocenters. The zero-order valence-corrected chi connectivity index (χ0v) is 23.6. The van der Waals surface area contributed by atoms with Gasteiger partial charge in [-0.15, -0.1) is 0 Å². The fourth-order valence-corrected chi connectivity index (χ4v) is 8.08. The van der Waals surface area contributed by atoms with E-state index < -0.39 is 0 Å². The molecule has 1 saturated heterocycles. The van der Waals surface area contributed by atoms with Crippen LogP contribution in [0.2, 0.25) is 0 Å². The van der Waals surface area contributed by atoms with Gasteiger partial charge in [0, 0.05) is 74.2 Å². The first kappa shape index (κ1) is 24.9. The summed E-state index contributed by atoms with van der Waals surface area (Å²) in [5.41, 5.74) is 6.40. The molecule has 1 atom stereocenters. The van der Waals surface area contributed by atoms with E-state index >= 15 is 0 Å². The maximum absolute atomic E-state index is 5.26. The second-order valence-corrected chi connectivity index (χ2v) is 13.2. The number of unbranched alkanes of at least 4 members (excludes halogenated alkanes) is 1. The molecule has 0 N–H and O–H groups in total. The van der Waals surface area contributed by atoms with E-state index in [-0.39, 0.29) is 7.66 Å². The summed E-state index contributed by atoms with van der Waals surface area (Å²) in [5, 5.41) is 1.18. The summed E-state index contributed by atoms with van der Waals surface area (Å²) in [6.07, 6.45) is 2.44. The predicted octanol–water partition coefficient (Wildman–Crippen LogP) is 5.50. The van der Waals surface area contributed by atoms with Crippen LogP contribution in [0, 0.1) is 18.4 Å². The van der Waals surface area contributed by atoms with Crippen molar-refractivity contribution in [3.8, 4) is 0 Å². The molecule has 2 aliphatic heterocycles. The molecule has 0 saturated carbocycles. The number of ether oxygens (including phenoxy) is 1. The minimum atomic E-state index is -0.0232. The van der Waals surface area contributed by atoms with Gasteiger partial charge in [0.05, 0.1) is 17.7 Å². The lowest BCUT2D eigenvalue weighted by atomic mass is 10.1. The number of nitrogens with zero attached hydrogens (tertiary/aromatic N) is 4. The highest BCUT2D eigenvalue weighted by Gasteiger charge is 2.20. The Bertz CT molecular complexity index is 1130. The summed E-state index contributed by atoms with van der Waals surface area (Å²) in [7, 11) is 3.97. The van der Waals surface area contributed by atoms with Crippen molar-refractivity contribution in [2.45, 2.75) is 38.5 Å². The van der Waals surface area contributed by atoms with Gasteiger partial charge in [-0.25, -0.2) is 4.99 Å². The standard InChI is InChI=1S/C26H37IN4OS/c1-6-7-8-29(4)21-15-19(2)25-23(17-21)33(27)24-18-22(16-20(3)26(24)28-25)31-11-9-30(10-12-31)13-14-32-5/h15-18H,6-14H2,1-5H3. The van der Waals surface area contributed by atoms with E-state index in [2.05, 4.69) is 88.0 Å². The van der Waals surface area contributed by atoms with Gasteiger partial charge in [-0.3, -0.25) is 4.90 Å². The first-order chi connectivity index (χ1) is 15.9. The van der Waals surface area contributed by atoms with Crippen LogP contribution < -0.4 is 15.2 Å². The topological polar surface area (TPSA) is 31.3 Å². The van der Waals surface area contributed by atoms with Gasteiger partial charge in [0.1, 0.15) is 0 Å². The molecule has 0 radical (unpaired) electrons. The van der Waals surface area contributed by atoms with Crippen LogP contribution in [0.25, 0.3) is 0 Å². The van der Waals surface area contributed by atoms with Crippen LogP contribution in [-0.2, 0) is 4.74 Å². The van der Waals surface area contributed by atoms with Gasteiger partial charge in [0.2, 0.25) is 0 Å². The zero-order chi connectivity index (χ0) is 23.5. The van der Waals surface area contributed by atoms with Crippen LogP contribution in [-0.4, -0.2) is 64.9 Å². The van der Waals surface area contributed by atoms with E-state index in [0.29, 0.717) is 0 Å². The minimum Gasteiger partial charge on any atom is -0.383 e. The first-order valence-electron chi connectivity index (χ1n) is 12.0. The number of hydrogen-bond donors (Lipinski definition) is 0. The number of piperazine rings is 1. The highest BCUT2D eigenvalue weighted by Crippen LogP contribution is 2.48. The van der Waals surface area contributed by atoms with Gasteiger partial charge in [0.15, 0.2) is 0 Å². The number of fused-ring (bicyclic) bond motifs is 2. The van der Waals surface area contributed by atoms with E-state index in [1.807, 2.05) is 0 Å². The molecule has 5 nitrogen and oxygen atoms in total. The van der Waals surface area contributed by atoms with Gasteiger partial charge >= 0.3 is 0 Å². The number of hydrogen-bond acceptors (Lipinski definition) is 5. The lowest BCUT2D eigenvalue weighted by Gasteiger charge is -2.36. The van der Waals surface area contributed by atoms with Gasteiger partial charge in [-0.1, -0.05) is 21.0 Å². The van der Waals surface area contributed by atoms with Crippen LogP contribution >= 0.6 is 28.9 Å². The highest BCUT2D eigenvalue weighted by atomic mass is 127. The molecule has 0 bridgehead atoms. The van der Waals surface area contributed by atoms with Crippen molar-refractivity contribution in [3.05, 3.63) is 45.3 Å². The fraction of sp³-hybridized carbons (Fsp3) is 0.538. The summed E-state index contributed by atoms with van der Waals surface area (Å²) in [5.74, 6) is 0. The second-order valence-electron chi connectivity index (χ2n) is 9.18. The van der Waals surface area contributed by atoms with E-state index in [1.54, 1.807) is 7.11 Å². The quantitative estimate of drug-likeness (QED) is 0.305. The van der Waals surface area contributed by atoms with Crippen LogP contribution in [0.15, 0.2) is 34.2 Å². The van der Waals surface area contributed by atoms with Crippen molar-refractivity contribution in [2.24, 2.45) is 4.99 Å². The monoisotopic (exact) mass is 580 g/mol. The van der Waals surface area contributed by atoms with E-state index in [0.717, 1.165) is 45.9 Å². The predicted molar refractivity (Wildman–Crippen MR) is 151 cm³/mol. The number of aryl methyl sites for hydroxylation is 2. The van der Waals surface area contributed by atoms with Crippen LogP contribution in [0.1, 0.15) is 30.9 Å². The molecule has 7 heteroatoms. The zero-order valence-electron chi connectivity index (χ0n) is 20.7. The Morgan fingerprint density at radius 1 is 1.09 bits per heavy atom. The van der Waals surface area contributed by atoms with Gasteiger partial charge in [-0.2, -0.15) is 0 Å². The minimum absolute atomic E-state index is 0.0232. The molecular weight excluding hydrogens is 543 g/mol. The Kier molecular flexibility index (Phi) is 8.36. The van der Waals surface area contributed by atoms with Crippen LogP contribution in [0.3, 0.4) is 0 Å². The van der Waals surface area contributed by atoms with Crippen molar-refractivity contribution in [1.29, 1.82) is 0 Å². The maximum Gasteiger partial charge on any atom is 0.0806 e. The van der Waals surface area contributed by atoms with Crippen molar-refractivity contribution < 1.29 is 4.74 Å². The average Bonchev–Trinajstić information content (AvgIpc) is 2.82. The molecule has 2 heterocycles. The van der Waals surface area contributed by atoms with Crippen LogP contribution in [0.5, 0.6) is 0 Å². The molecule has 2 aromatic rings. The number of anilines is 2. The molecule has 0 aromatic heterocycles. The number of halogens is 1. The Balaban J connectivity index is 1.67.